The summed E-state index contributed by atoms with van der Waals surface area (Å²) in [5.41, 5.74) is 3.61. The van der Waals surface area contributed by atoms with Gasteiger partial charge in [0, 0.05) is 122 Å². The van der Waals surface area contributed by atoms with Crippen LogP contribution in [0.15, 0.2) is 92.6 Å². The van der Waals surface area contributed by atoms with E-state index in [0.29, 0.717) is 85.9 Å². The summed E-state index contributed by atoms with van der Waals surface area (Å²) in [7, 11) is 0. The Balaban J connectivity index is 0.000000188. The molecular formula is C80H72N8O8S4. The van der Waals surface area contributed by atoms with Crippen LogP contribution in [0.2, 0.25) is 0 Å². The van der Waals surface area contributed by atoms with Crippen LogP contribution in [-0.4, -0.2) is 102 Å². The average molecular weight is 1400 g/mol. The van der Waals surface area contributed by atoms with Crippen molar-refractivity contribution in [3.05, 3.63) is 117 Å². The Morgan fingerprint density at radius 1 is 0.380 bits per heavy atom. The fourth-order valence-corrected chi connectivity index (χ4v) is 17.6. The summed E-state index contributed by atoms with van der Waals surface area (Å²) < 4.78 is 0. The molecule has 0 saturated heterocycles. The van der Waals surface area contributed by atoms with Gasteiger partial charge < -0.3 is 0 Å². The fraction of sp³-hybridized carbons (Fsp3) is 0.350. The first-order valence-electron chi connectivity index (χ1n) is 34.8. The van der Waals surface area contributed by atoms with E-state index >= 15 is 0 Å². The molecular weight excluding hydrogens is 1330 g/mol. The van der Waals surface area contributed by atoms with Crippen LogP contribution in [-0.2, 0) is 0 Å². The van der Waals surface area contributed by atoms with E-state index in [0.717, 1.165) is 146 Å². The summed E-state index contributed by atoms with van der Waals surface area (Å²) >= 11 is 12.0. The smallest absolute Gasteiger partial charge is 0.261 e. The van der Waals surface area contributed by atoms with Gasteiger partial charge in [0.1, 0.15) is 10.8 Å². The molecule has 4 aliphatic rings. The summed E-state index contributed by atoms with van der Waals surface area (Å²) in [4.78, 5) is 129. The SMILES string of the molecule is CCCCC(C)N1C(=O)c2ccc3c4ccc5c6c(ccc(c7ccc(c2c37)C1=O)c64)C(=O)N(C(C)CCCC)C5=O.CCCCC(CC)CN1C(=O)c2cc(N=C=S)c3c4c(N=C=S)cc5c6c(cc(SC#N)c(c7c(SC#N)cc(c2c37)C1=O)c64)C(=O)N(CC(CC)CCCC)C5=O. The molecule has 0 bridgehead atoms. The summed E-state index contributed by atoms with van der Waals surface area (Å²) in [6.45, 7) is 16.9. The maximum atomic E-state index is 14.6. The third-order valence-corrected chi connectivity index (χ3v) is 22.7. The molecule has 10 aromatic carbocycles. The van der Waals surface area contributed by atoms with Gasteiger partial charge in [-0.1, -0.05) is 130 Å². The van der Waals surface area contributed by atoms with Crippen molar-refractivity contribution in [3.63, 3.8) is 0 Å². The lowest BCUT2D eigenvalue weighted by Crippen LogP contribution is -2.46. The second-order valence-corrected chi connectivity index (χ2v) is 28.9. The van der Waals surface area contributed by atoms with Crippen LogP contribution in [0.5, 0.6) is 0 Å². The number of rotatable bonds is 24. The Morgan fingerprint density at radius 2 is 0.680 bits per heavy atom. The standard InChI is InChI=1S/C44H38N6O4S4.C36H34N2O4/c1-5-9-11-23(7-3)17-49-41(51)25-13-29(47-21-55)35-36-30(48-22-56)14-26-34-28(44(54)50(42(26)52)18-24(8-4)12-10-6-2)16-32(58-20-46)38(40(34)36)37-31(57-19-45)15-27(43(49)53)33(25)39(35)37;1-5-7-9-19(3)37-33(39)25-15-11-21-23-13-17-27-32-28(36(42)38(35(27)41)20(4)10-8-6-2)18-14-24(30(23)32)22-12-16-26(34(37)40)31(25)29(21)22/h13-16,23-24H,5-12,17-18H2,1-4H3;11-20H,5-10H2,1-4H3. The highest BCUT2D eigenvalue weighted by molar-refractivity contribution is 8.04. The number of hydrogen-bond donors (Lipinski definition) is 0. The largest absolute Gasteiger partial charge is 0.274 e. The number of benzene rings is 10. The number of nitriles is 2. The summed E-state index contributed by atoms with van der Waals surface area (Å²) in [6.07, 6.45) is 12.6. The highest BCUT2D eigenvalue weighted by Gasteiger charge is 2.43. The van der Waals surface area contributed by atoms with Crippen LogP contribution >= 0.6 is 48.0 Å². The van der Waals surface area contributed by atoms with Crippen molar-refractivity contribution in [2.24, 2.45) is 21.8 Å². The number of nitrogens with zero attached hydrogens (tertiary/aromatic N) is 8. The maximum absolute atomic E-state index is 14.6. The van der Waals surface area contributed by atoms with Crippen LogP contribution in [0.4, 0.5) is 11.4 Å². The fourth-order valence-electron chi connectivity index (χ4n) is 16.2. The van der Waals surface area contributed by atoms with Crippen LogP contribution in [0.1, 0.15) is 228 Å². The predicted molar refractivity (Wildman–Crippen MR) is 404 cm³/mol. The molecule has 0 N–H and O–H groups in total. The van der Waals surface area contributed by atoms with Crippen molar-refractivity contribution in [1.82, 2.24) is 19.6 Å². The molecule has 0 saturated carbocycles. The Bertz CT molecular complexity index is 4990. The zero-order valence-electron chi connectivity index (χ0n) is 57.0. The number of unbranched alkanes of at least 4 members (excludes halogenated alkanes) is 4. The number of thioether (sulfide) groups is 2. The third-order valence-electron chi connectivity index (χ3n) is 21.2. The average Bonchev–Trinajstić information content (AvgIpc) is 0.681. The normalized spacial score (nSPS) is 15.4. The minimum absolute atomic E-state index is 0.0892. The number of hydrogen-bond acceptors (Lipinski definition) is 16. The van der Waals surface area contributed by atoms with Gasteiger partial charge in [-0.05, 0) is 180 Å². The van der Waals surface area contributed by atoms with E-state index in [4.69, 9.17) is 24.4 Å². The quantitative estimate of drug-likeness (QED) is 0.0104. The number of carbonyl (C=O) groups excluding carboxylic acids is 8. The zero-order valence-corrected chi connectivity index (χ0v) is 60.3. The summed E-state index contributed by atoms with van der Waals surface area (Å²) in [5.74, 6) is -2.72. The Morgan fingerprint density at radius 3 is 0.970 bits per heavy atom. The topological polar surface area (TPSA) is 222 Å². The molecule has 504 valence electrons. The van der Waals surface area contributed by atoms with Crippen LogP contribution in [0.3, 0.4) is 0 Å². The minimum Gasteiger partial charge on any atom is -0.274 e. The zero-order chi connectivity index (χ0) is 70.9. The number of aliphatic imine (C=N–C) groups is 2. The first-order valence-corrected chi connectivity index (χ1v) is 37.2. The second-order valence-electron chi connectivity index (χ2n) is 26.9. The van der Waals surface area contributed by atoms with E-state index in [-0.39, 0.29) is 94.3 Å². The number of carbonyl (C=O) groups is 8. The van der Waals surface area contributed by atoms with Crippen molar-refractivity contribution >= 4 is 203 Å². The predicted octanol–water partition coefficient (Wildman–Crippen LogP) is 20.1. The number of fused-ring (bicyclic) bond motifs is 4. The van der Waals surface area contributed by atoms with Crippen molar-refractivity contribution in [2.45, 2.75) is 167 Å². The van der Waals surface area contributed by atoms with Gasteiger partial charge in [-0.3, -0.25) is 58.0 Å². The van der Waals surface area contributed by atoms with E-state index in [1.54, 1.807) is 24.3 Å². The molecule has 0 aromatic heterocycles. The van der Waals surface area contributed by atoms with Crippen molar-refractivity contribution in [3.8, 4) is 10.8 Å². The Hall–Kier alpha value is -9.36. The van der Waals surface area contributed by atoms with Gasteiger partial charge in [-0.2, -0.15) is 20.5 Å². The molecule has 8 amide bonds. The van der Waals surface area contributed by atoms with Crippen LogP contribution in [0.25, 0.3) is 86.2 Å². The lowest BCUT2D eigenvalue weighted by Gasteiger charge is -2.33. The molecule has 0 fully saturated rings. The molecule has 4 aliphatic heterocycles. The Labute approximate surface area is 597 Å². The van der Waals surface area contributed by atoms with Crippen molar-refractivity contribution in [1.29, 1.82) is 10.5 Å². The molecule has 16 nitrogen and oxygen atoms in total. The number of amides is 8. The number of thiocyanates is 2. The monoisotopic (exact) mass is 1400 g/mol. The third kappa shape index (κ3) is 10.8. The van der Waals surface area contributed by atoms with E-state index in [2.05, 4.69) is 58.8 Å². The molecule has 10 aromatic rings. The van der Waals surface area contributed by atoms with Gasteiger partial charge >= 0.3 is 0 Å². The Kier molecular flexibility index (Phi) is 19.3. The van der Waals surface area contributed by atoms with E-state index in [9.17, 15) is 48.9 Å². The van der Waals surface area contributed by atoms with Crippen molar-refractivity contribution in [2.75, 3.05) is 13.1 Å². The first kappa shape index (κ1) is 69.1. The van der Waals surface area contributed by atoms with Gasteiger partial charge in [-0.25, -0.2) is 0 Å². The van der Waals surface area contributed by atoms with Crippen LogP contribution < -0.4 is 0 Å². The highest BCUT2D eigenvalue weighted by atomic mass is 32.2. The van der Waals surface area contributed by atoms with Crippen LogP contribution in [0, 0.1) is 33.2 Å². The van der Waals surface area contributed by atoms with E-state index < -0.39 is 23.6 Å². The molecule has 100 heavy (non-hydrogen) atoms. The molecule has 0 spiro atoms. The van der Waals surface area contributed by atoms with E-state index in [1.807, 2.05) is 76.2 Å². The highest BCUT2D eigenvalue weighted by Crippen LogP contribution is 2.56. The van der Waals surface area contributed by atoms with Gasteiger partial charge in [0.15, 0.2) is 0 Å². The molecule has 4 heterocycles. The number of imide groups is 4. The lowest BCUT2D eigenvalue weighted by atomic mass is 9.80. The lowest BCUT2D eigenvalue weighted by molar-refractivity contribution is 0.0527. The number of isothiocyanates is 2. The van der Waals surface area contributed by atoms with Gasteiger partial charge in [-0.15, -0.1) is 0 Å². The molecule has 20 heteroatoms. The summed E-state index contributed by atoms with van der Waals surface area (Å²) in [6, 6.07) is 21.3. The molecule has 14 rings (SSSR count). The van der Waals surface area contributed by atoms with Gasteiger partial charge in [0.25, 0.3) is 47.3 Å². The molecule has 0 aliphatic carbocycles. The second kappa shape index (κ2) is 28.0. The first-order chi connectivity index (χ1) is 48.4. The van der Waals surface area contributed by atoms with Crippen molar-refractivity contribution < 1.29 is 38.4 Å². The molecule has 0 radical (unpaired) electrons. The minimum atomic E-state index is -0.480. The van der Waals surface area contributed by atoms with E-state index in [1.165, 1.54) is 19.6 Å². The van der Waals surface area contributed by atoms with Gasteiger partial charge in [0.05, 0.1) is 32.8 Å². The maximum Gasteiger partial charge on any atom is 0.261 e. The molecule has 4 unspecified atom stereocenters. The molecule has 4 atom stereocenters. The van der Waals surface area contributed by atoms with Gasteiger partial charge in [0.2, 0.25) is 0 Å². The summed E-state index contributed by atoms with van der Waals surface area (Å²) in [5, 5.41) is 39.9. The number of thiocarbonyl (C=S) groups is 2.